The van der Waals surface area contributed by atoms with Crippen molar-refractivity contribution in [3.63, 3.8) is 0 Å². The van der Waals surface area contributed by atoms with E-state index < -0.39 is 0 Å². The van der Waals surface area contributed by atoms with Gasteiger partial charge in [0.2, 0.25) is 5.91 Å². The van der Waals surface area contributed by atoms with E-state index in [1.54, 1.807) is 0 Å². The number of carbonyl (C=O) groups is 2. The summed E-state index contributed by atoms with van der Waals surface area (Å²) in [5.74, 6) is -0.237. The van der Waals surface area contributed by atoms with Crippen molar-refractivity contribution in [1.82, 2.24) is 10.6 Å². The van der Waals surface area contributed by atoms with E-state index >= 15 is 0 Å². The molecule has 1 atom stereocenters. The number of hydrogen-bond donors (Lipinski definition) is 2. The Hall–Kier alpha value is -2.62. The zero-order valence-electron chi connectivity index (χ0n) is 16.0. The predicted octanol–water partition coefficient (Wildman–Crippen LogP) is 3.98. The normalized spacial score (nSPS) is 12.3. The second kappa shape index (κ2) is 8.65. The summed E-state index contributed by atoms with van der Waals surface area (Å²) >= 11 is 0. The van der Waals surface area contributed by atoms with E-state index in [4.69, 9.17) is 0 Å². The first-order valence-electron chi connectivity index (χ1n) is 9.00. The maximum atomic E-state index is 12.2. The molecule has 0 fully saturated rings. The van der Waals surface area contributed by atoms with Gasteiger partial charge in [-0.15, -0.1) is 0 Å². The molecule has 2 amide bonds. The molecule has 26 heavy (non-hydrogen) atoms. The molecule has 0 saturated heterocycles. The molecule has 138 valence electrons. The van der Waals surface area contributed by atoms with Gasteiger partial charge in [-0.05, 0) is 35.6 Å². The fourth-order valence-electron chi connectivity index (χ4n) is 2.65. The van der Waals surface area contributed by atoms with Crippen LogP contribution in [0.25, 0.3) is 0 Å². The Morgan fingerprint density at radius 1 is 0.962 bits per heavy atom. The van der Waals surface area contributed by atoms with Crippen LogP contribution in [0.1, 0.15) is 61.6 Å². The summed E-state index contributed by atoms with van der Waals surface area (Å²) in [5.41, 5.74) is 2.91. The van der Waals surface area contributed by atoms with Crippen LogP contribution in [-0.4, -0.2) is 18.4 Å². The van der Waals surface area contributed by atoms with Crippen LogP contribution in [0.3, 0.4) is 0 Å². The third-order valence-corrected chi connectivity index (χ3v) is 4.33. The van der Waals surface area contributed by atoms with Crippen molar-refractivity contribution >= 4 is 11.8 Å². The van der Waals surface area contributed by atoms with Crippen molar-refractivity contribution in [1.29, 1.82) is 0 Å². The highest BCUT2D eigenvalue weighted by molar-refractivity contribution is 5.94. The molecule has 2 rings (SSSR count). The van der Waals surface area contributed by atoms with Gasteiger partial charge in [-0.3, -0.25) is 9.59 Å². The van der Waals surface area contributed by atoms with Gasteiger partial charge >= 0.3 is 0 Å². The maximum Gasteiger partial charge on any atom is 0.251 e. The van der Waals surface area contributed by atoms with E-state index in [2.05, 4.69) is 31.4 Å². The molecule has 0 bridgehead atoms. The standard InChI is InChI=1S/C22H28N2O2/c1-16(17-8-6-5-7-9-17)24-20(25)14-15-23-21(26)18-10-12-19(13-11-18)22(2,3)4/h5-13,16H,14-15H2,1-4H3,(H,23,26)(H,24,25). The highest BCUT2D eigenvalue weighted by Crippen LogP contribution is 2.22. The topological polar surface area (TPSA) is 58.2 Å². The summed E-state index contributed by atoms with van der Waals surface area (Å²) in [6, 6.07) is 17.4. The molecule has 4 nitrogen and oxygen atoms in total. The third kappa shape index (κ3) is 5.73. The van der Waals surface area contributed by atoms with Gasteiger partial charge in [0.15, 0.2) is 0 Å². The zero-order valence-corrected chi connectivity index (χ0v) is 16.0. The average Bonchev–Trinajstić information content (AvgIpc) is 2.61. The van der Waals surface area contributed by atoms with Crippen LogP contribution in [0.2, 0.25) is 0 Å². The van der Waals surface area contributed by atoms with E-state index in [1.165, 1.54) is 5.56 Å². The number of rotatable bonds is 6. The van der Waals surface area contributed by atoms with Crippen LogP contribution in [0, 0.1) is 0 Å². The number of amides is 2. The number of hydrogen-bond acceptors (Lipinski definition) is 2. The van der Waals surface area contributed by atoms with Crippen LogP contribution in [0.5, 0.6) is 0 Å². The van der Waals surface area contributed by atoms with Gasteiger partial charge in [0.05, 0.1) is 6.04 Å². The molecule has 0 radical (unpaired) electrons. The lowest BCUT2D eigenvalue weighted by Crippen LogP contribution is -2.32. The first-order chi connectivity index (χ1) is 12.3. The van der Waals surface area contributed by atoms with Crippen LogP contribution in [0.4, 0.5) is 0 Å². The van der Waals surface area contributed by atoms with Gasteiger partial charge in [-0.1, -0.05) is 63.2 Å². The van der Waals surface area contributed by atoms with Gasteiger partial charge in [-0.2, -0.15) is 0 Å². The maximum absolute atomic E-state index is 12.2. The highest BCUT2D eigenvalue weighted by Gasteiger charge is 2.14. The minimum atomic E-state index is -0.158. The molecule has 2 aromatic rings. The van der Waals surface area contributed by atoms with Crippen LogP contribution < -0.4 is 10.6 Å². The molecule has 4 heteroatoms. The van der Waals surface area contributed by atoms with Crippen LogP contribution >= 0.6 is 0 Å². The molecule has 0 aliphatic rings. The molecule has 0 aromatic heterocycles. The average molecular weight is 352 g/mol. The molecule has 2 N–H and O–H groups in total. The fraction of sp³-hybridized carbons (Fsp3) is 0.364. The molecular formula is C22H28N2O2. The summed E-state index contributed by atoms with van der Waals surface area (Å²) in [6.45, 7) is 8.67. The monoisotopic (exact) mass is 352 g/mol. The number of benzene rings is 2. The smallest absolute Gasteiger partial charge is 0.251 e. The van der Waals surface area contributed by atoms with Crippen molar-refractivity contribution < 1.29 is 9.59 Å². The highest BCUT2D eigenvalue weighted by atomic mass is 16.2. The number of carbonyl (C=O) groups excluding carboxylic acids is 2. The van der Waals surface area contributed by atoms with Gasteiger partial charge in [-0.25, -0.2) is 0 Å². The van der Waals surface area contributed by atoms with Crippen molar-refractivity contribution in [3.8, 4) is 0 Å². The molecule has 0 aliphatic carbocycles. The lowest BCUT2D eigenvalue weighted by molar-refractivity contribution is -0.121. The third-order valence-electron chi connectivity index (χ3n) is 4.33. The van der Waals surface area contributed by atoms with Crippen molar-refractivity contribution in [2.45, 2.75) is 45.6 Å². The molecule has 0 saturated carbocycles. The lowest BCUT2D eigenvalue weighted by atomic mass is 9.87. The SMILES string of the molecule is CC(NC(=O)CCNC(=O)c1ccc(C(C)(C)C)cc1)c1ccccc1. The minimum absolute atomic E-state index is 0.0515. The quantitative estimate of drug-likeness (QED) is 0.826. The first-order valence-corrected chi connectivity index (χ1v) is 9.00. The van der Waals surface area contributed by atoms with Gasteiger partial charge in [0, 0.05) is 18.5 Å². The summed E-state index contributed by atoms with van der Waals surface area (Å²) in [5, 5.41) is 5.74. The Kier molecular flexibility index (Phi) is 6.56. The van der Waals surface area contributed by atoms with Crippen molar-refractivity contribution in [2.24, 2.45) is 0 Å². The molecule has 0 aliphatic heterocycles. The van der Waals surface area contributed by atoms with Crippen molar-refractivity contribution in [2.75, 3.05) is 6.54 Å². The van der Waals surface area contributed by atoms with Crippen LogP contribution in [-0.2, 0) is 10.2 Å². The van der Waals surface area contributed by atoms with E-state index in [-0.39, 0.29) is 29.7 Å². The van der Waals surface area contributed by atoms with Crippen molar-refractivity contribution in [3.05, 3.63) is 71.3 Å². The van der Waals surface area contributed by atoms with Crippen LogP contribution in [0.15, 0.2) is 54.6 Å². The Morgan fingerprint density at radius 3 is 2.15 bits per heavy atom. The lowest BCUT2D eigenvalue weighted by Gasteiger charge is -2.19. The molecular weight excluding hydrogens is 324 g/mol. The molecule has 0 spiro atoms. The molecule has 1 unspecified atom stereocenters. The molecule has 2 aromatic carbocycles. The first kappa shape index (κ1) is 19.7. The Balaban J connectivity index is 1.78. The minimum Gasteiger partial charge on any atom is -0.352 e. The second-order valence-electron chi connectivity index (χ2n) is 7.53. The summed E-state index contributed by atoms with van der Waals surface area (Å²) < 4.78 is 0. The van der Waals surface area contributed by atoms with Gasteiger partial charge in [0.25, 0.3) is 5.91 Å². The second-order valence-corrected chi connectivity index (χ2v) is 7.53. The Bertz CT molecular complexity index is 731. The molecule has 0 heterocycles. The van der Waals surface area contributed by atoms with E-state index in [0.717, 1.165) is 5.56 Å². The summed E-state index contributed by atoms with van der Waals surface area (Å²) in [7, 11) is 0. The summed E-state index contributed by atoms with van der Waals surface area (Å²) in [6.07, 6.45) is 0.253. The van der Waals surface area contributed by atoms with Gasteiger partial charge < -0.3 is 10.6 Å². The Morgan fingerprint density at radius 2 is 1.58 bits per heavy atom. The van der Waals surface area contributed by atoms with E-state index in [9.17, 15) is 9.59 Å². The van der Waals surface area contributed by atoms with E-state index in [1.807, 2.05) is 61.5 Å². The Labute approximate surface area is 156 Å². The fourth-order valence-corrected chi connectivity index (χ4v) is 2.65. The largest absolute Gasteiger partial charge is 0.352 e. The van der Waals surface area contributed by atoms with E-state index in [0.29, 0.717) is 12.1 Å². The van der Waals surface area contributed by atoms with Gasteiger partial charge in [0.1, 0.15) is 0 Å². The summed E-state index contributed by atoms with van der Waals surface area (Å²) in [4.78, 5) is 24.2. The number of nitrogens with one attached hydrogen (secondary N) is 2. The zero-order chi connectivity index (χ0) is 19.2. The predicted molar refractivity (Wildman–Crippen MR) is 105 cm³/mol.